The van der Waals surface area contributed by atoms with Crippen LogP contribution in [0.5, 0.6) is 11.5 Å². The van der Waals surface area contributed by atoms with E-state index in [-0.39, 0.29) is 24.8 Å². The molecule has 0 saturated carbocycles. The molecule has 0 radical (unpaired) electrons. The summed E-state index contributed by atoms with van der Waals surface area (Å²) in [6.07, 6.45) is 3.45. The van der Waals surface area contributed by atoms with E-state index in [1.165, 1.54) is 17.0 Å². The smallest absolute Gasteiger partial charge is 0.238 e. The summed E-state index contributed by atoms with van der Waals surface area (Å²) >= 11 is 0. The summed E-state index contributed by atoms with van der Waals surface area (Å²) in [7, 11) is 0. The van der Waals surface area contributed by atoms with Gasteiger partial charge in [-0.05, 0) is 78.8 Å². The Labute approximate surface area is 256 Å². The molecule has 3 aromatic carbocycles. The zero-order chi connectivity index (χ0) is 31.2. The Hall–Kier alpha value is -4.27. The monoisotopic (exact) mass is 599 g/mol. The number of phenolic OH excluding ortho intramolecular Hbond substituents is 1. The summed E-state index contributed by atoms with van der Waals surface area (Å²) in [5.74, 6) is -3.41. The molecular weight excluding hydrogens is 561 g/mol. The topological polar surface area (TPSA) is 107 Å². The molecule has 1 saturated heterocycles. The van der Waals surface area contributed by atoms with Gasteiger partial charge in [-0.3, -0.25) is 14.5 Å². The molecule has 44 heavy (non-hydrogen) atoms. The summed E-state index contributed by atoms with van der Waals surface area (Å²) in [5, 5.41) is 32.0. The van der Waals surface area contributed by atoms with Gasteiger partial charge in [0.1, 0.15) is 12.4 Å². The quantitative estimate of drug-likeness (QED) is 0.173. The summed E-state index contributed by atoms with van der Waals surface area (Å²) in [4.78, 5) is 28.7. The molecule has 5 rings (SSSR count). The van der Waals surface area contributed by atoms with Crippen LogP contribution in [0.2, 0.25) is 0 Å². The largest absolute Gasteiger partial charge is 0.505 e. The van der Waals surface area contributed by atoms with Crippen LogP contribution in [-0.2, 0) is 9.59 Å². The molecule has 0 unspecified atom stereocenters. The Morgan fingerprint density at radius 1 is 1.02 bits per heavy atom. The van der Waals surface area contributed by atoms with Crippen LogP contribution in [0.3, 0.4) is 0 Å². The third-order valence-electron chi connectivity index (χ3n) is 8.56. The molecule has 4 atom stereocenters. The minimum absolute atomic E-state index is 0.105. The van der Waals surface area contributed by atoms with Crippen molar-refractivity contribution in [1.82, 2.24) is 0 Å². The fourth-order valence-electron chi connectivity index (χ4n) is 6.53. The first-order valence-electron chi connectivity index (χ1n) is 15.1. The first-order chi connectivity index (χ1) is 21.3. The lowest BCUT2D eigenvalue weighted by Crippen LogP contribution is -2.40. The van der Waals surface area contributed by atoms with Gasteiger partial charge in [0, 0.05) is 5.92 Å². The van der Waals surface area contributed by atoms with Crippen molar-refractivity contribution < 1.29 is 34.0 Å². The van der Waals surface area contributed by atoms with Crippen molar-refractivity contribution in [2.24, 2.45) is 17.8 Å². The van der Waals surface area contributed by atoms with Crippen molar-refractivity contribution >= 4 is 23.6 Å². The first kappa shape index (κ1) is 31.2. The van der Waals surface area contributed by atoms with Crippen LogP contribution < -0.4 is 9.64 Å². The van der Waals surface area contributed by atoms with Gasteiger partial charge in [-0.25, -0.2) is 4.39 Å². The second kappa shape index (κ2) is 14.0. The Morgan fingerprint density at radius 3 is 2.39 bits per heavy atom. The fourth-order valence-corrected chi connectivity index (χ4v) is 6.53. The van der Waals surface area contributed by atoms with Gasteiger partial charge in [0.05, 0.1) is 30.2 Å². The van der Waals surface area contributed by atoms with Gasteiger partial charge in [-0.1, -0.05) is 67.5 Å². The number of rotatable bonds is 12. The predicted molar refractivity (Wildman–Crippen MR) is 166 cm³/mol. The number of hydrogen-bond donors (Lipinski definition) is 3. The van der Waals surface area contributed by atoms with Gasteiger partial charge >= 0.3 is 0 Å². The number of aromatic hydroxyl groups is 1. The number of amides is 2. The highest BCUT2D eigenvalue weighted by atomic mass is 19.1. The number of para-hydroxylation sites is 2. The number of carbonyl (C=O) groups is 2. The highest BCUT2D eigenvalue weighted by molar-refractivity contribution is 6.22. The lowest BCUT2D eigenvalue weighted by molar-refractivity contribution is -0.123. The number of aliphatic hydroxyl groups is 2. The lowest BCUT2D eigenvalue weighted by atomic mass is 9.68. The Kier molecular flexibility index (Phi) is 9.92. The number of nitrogens with zero attached hydrogens (tertiary/aromatic N) is 1. The van der Waals surface area contributed by atoms with Crippen molar-refractivity contribution in [3.8, 4) is 11.5 Å². The number of halogens is 1. The van der Waals surface area contributed by atoms with E-state index >= 15 is 0 Å². The molecule has 1 aliphatic heterocycles. The van der Waals surface area contributed by atoms with Crippen molar-refractivity contribution in [3.05, 3.63) is 107 Å². The van der Waals surface area contributed by atoms with Crippen LogP contribution in [0, 0.1) is 23.6 Å². The summed E-state index contributed by atoms with van der Waals surface area (Å²) in [6.45, 7) is 1.73. The second-order valence-corrected chi connectivity index (χ2v) is 11.5. The van der Waals surface area contributed by atoms with Crippen LogP contribution in [0.1, 0.15) is 44.6 Å². The maximum absolute atomic E-state index is 14.0. The zero-order valence-corrected chi connectivity index (χ0v) is 24.7. The minimum Gasteiger partial charge on any atom is -0.505 e. The molecule has 8 heteroatoms. The van der Waals surface area contributed by atoms with Crippen molar-refractivity contribution in [2.75, 3.05) is 18.1 Å². The molecule has 3 N–H and O–H groups in total. The van der Waals surface area contributed by atoms with Gasteiger partial charge in [0.15, 0.2) is 11.6 Å². The Morgan fingerprint density at radius 2 is 1.73 bits per heavy atom. The number of imide groups is 1. The number of anilines is 1. The van der Waals surface area contributed by atoms with Crippen LogP contribution in [0.25, 0.3) is 6.08 Å². The van der Waals surface area contributed by atoms with Gasteiger partial charge in [-0.2, -0.15) is 0 Å². The number of aliphatic hydroxyl groups excluding tert-OH is 2. The number of carbonyl (C=O) groups excluding carboxylic acids is 2. The Balaban J connectivity index is 1.45. The third kappa shape index (κ3) is 6.61. The van der Waals surface area contributed by atoms with E-state index in [1.807, 2.05) is 49.4 Å². The van der Waals surface area contributed by atoms with Crippen LogP contribution in [0.15, 0.2) is 95.6 Å². The van der Waals surface area contributed by atoms with E-state index in [0.29, 0.717) is 41.0 Å². The van der Waals surface area contributed by atoms with E-state index in [1.54, 1.807) is 30.3 Å². The minimum atomic E-state index is -1.01. The standard InChI is InChI=1S/C36H38FNO6/c1-2-9-23(18-24-15-16-31(40)30(37)19-24)14-17-32(41)33-25(22-44-27-12-7-4-8-13-27)20-28-34(29(33)21-39)36(43)38(35(28)42)26-10-5-3-6-11-26/h3-8,10-13,15-16,18-19,28-29,32,34,39-41H,2,9,14,17,20-22H2,1H3/b23-18+/t28-,29+,32-,34-/m1/s1. The summed E-state index contributed by atoms with van der Waals surface area (Å²) in [5.41, 5.74) is 3.35. The van der Waals surface area contributed by atoms with Crippen LogP contribution >= 0.6 is 0 Å². The van der Waals surface area contributed by atoms with Gasteiger partial charge in [-0.15, -0.1) is 0 Å². The molecule has 0 aromatic heterocycles. The summed E-state index contributed by atoms with van der Waals surface area (Å²) < 4.78 is 20.1. The van der Waals surface area contributed by atoms with Crippen molar-refractivity contribution in [2.45, 2.75) is 45.1 Å². The number of fused-ring (bicyclic) bond motifs is 1. The molecule has 2 amide bonds. The molecule has 0 spiro atoms. The Bertz CT molecular complexity index is 1540. The van der Waals surface area contributed by atoms with Gasteiger partial charge in [0.2, 0.25) is 11.8 Å². The van der Waals surface area contributed by atoms with Crippen LogP contribution in [-0.4, -0.2) is 46.5 Å². The van der Waals surface area contributed by atoms with Gasteiger partial charge in [0.25, 0.3) is 0 Å². The number of ether oxygens (including phenoxy) is 1. The highest BCUT2D eigenvalue weighted by Crippen LogP contribution is 2.47. The second-order valence-electron chi connectivity index (χ2n) is 11.5. The molecule has 1 heterocycles. The highest BCUT2D eigenvalue weighted by Gasteiger charge is 2.55. The molecule has 0 bridgehead atoms. The maximum Gasteiger partial charge on any atom is 0.238 e. The number of allylic oxidation sites excluding steroid dienone is 1. The average Bonchev–Trinajstić information content (AvgIpc) is 3.29. The van der Waals surface area contributed by atoms with Crippen molar-refractivity contribution in [1.29, 1.82) is 0 Å². The molecule has 1 aliphatic carbocycles. The van der Waals surface area contributed by atoms with E-state index < -0.39 is 42.0 Å². The number of phenols is 1. The molecule has 3 aromatic rings. The van der Waals surface area contributed by atoms with Gasteiger partial charge < -0.3 is 20.1 Å². The van der Waals surface area contributed by atoms with Crippen molar-refractivity contribution in [3.63, 3.8) is 0 Å². The molecular formula is C36H38FNO6. The maximum atomic E-state index is 14.0. The van der Waals surface area contributed by atoms with E-state index in [9.17, 15) is 29.3 Å². The molecule has 7 nitrogen and oxygen atoms in total. The SMILES string of the molecule is CCC/C(=C\c1ccc(O)c(F)c1)CC[C@@H](O)C1=C(COc2ccccc2)C[C@H]2C(=O)N(c3ccccc3)C(=O)[C@H]2[C@H]1CO. The van der Waals surface area contributed by atoms with E-state index in [2.05, 4.69) is 0 Å². The number of hydrogen-bond acceptors (Lipinski definition) is 6. The fraction of sp³-hybridized carbons (Fsp3) is 0.333. The molecule has 2 aliphatic rings. The molecule has 1 fully saturated rings. The van der Waals surface area contributed by atoms with E-state index in [4.69, 9.17) is 4.74 Å². The molecule has 230 valence electrons. The van der Waals surface area contributed by atoms with E-state index in [0.717, 1.165) is 18.4 Å². The summed E-state index contributed by atoms with van der Waals surface area (Å²) in [6, 6.07) is 22.2. The predicted octanol–water partition coefficient (Wildman–Crippen LogP) is 6.05. The third-order valence-corrected chi connectivity index (χ3v) is 8.56. The zero-order valence-electron chi connectivity index (χ0n) is 24.7. The lowest BCUT2D eigenvalue weighted by Gasteiger charge is -2.36. The van der Waals surface area contributed by atoms with Crippen LogP contribution in [0.4, 0.5) is 10.1 Å². The number of benzene rings is 3. The normalized spacial score (nSPS) is 21.0. The first-order valence-corrected chi connectivity index (χ1v) is 15.1. The average molecular weight is 600 g/mol.